The van der Waals surface area contributed by atoms with E-state index >= 15 is 0 Å². The lowest BCUT2D eigenvalue weighted by Gasteiger charge is -2.10. The number of ether oxygens (including phenoxy) is 3. The molecule has 7 heteroatoms. The highest BCUT2D eigenvalue weighted by Crippen LogP contribution is 2.30. The van der Waals surface area contributed by atoms with Gasteiger partial charge in [0.15, 0.2) is 9.84 Å². The van der Waals surface area contributed by atoms with Gasteiger partial charge in [0, 0.05) is 12.0 Å². The molecule has 0 atom stereocenters. The highest BCUT2D eigenvalue weighted by atomic mass is 32.2. The molecule has 0 aliphatic carbocycles. The Labute approximate surface area is 177 Å². The molecule has 2 aromatic carbocycles. The molecule has 0 radical (unpaired) electrons. The molecule has 0 amide bonds. The SMILES string of the molecule is CCCOc1ccc(CCOc2ccc3c(c2)C=C(C(=O)OC)CCS3(=O)=O)cc1. The van der Waals surface area contributed by atoms with Gasteiger partial charge in [-0.3, -0.25) is 0 Å². The quantitative estimate of drug-likeness (QED) is 0.592. The van der Waals surface area contributed by atoms with Gasteiger partial charge in [-0.2, -0.15) is 0 Å². The van der Waals surface area contributed by atoms with Gasteiger partial charge in [0.05, 0.1) is 31.0 Å². The number of rotatable bonds is 8. The molecular weight excluding hydrogens is 404 g/mol. The minimum Gasteiger partial charge on any atom is -0.494 e. The molecule has 0 spiro atoms. The Morgan fingerprint density at radius 1 is 1.00 bits per heavy atom. The third-order valence-corrected chi connectivity index (χ3v) is 6.57. The van der Waals surface area contributed by atoms with Gasteiger partial charge in [0.1, 0.15) is 11.5 Å². The standard InChI is InChI=1S/C23H26O6S/c1-3-12-28-20-6-4-17(5-7-20)10-13-29-21-8-9-22-19(16-21)15-18(23(24)27-2)11-14-30(22,25)26/h4-9,15-16H,3,10-14H2,1-2H3. The average Bonchev–Trinajstić information content (AvgIpc) is 2.88. The van der Waals surface area contributed by atoms with Crippen molar-refractivity contribution in [3.8, 4) is 11.5 Å². The Morgan fingerprint density at radius 3 is 2.40 bits per heavy atom. The molecule has 160 valence electrons. The van der Waals surface area contributed by atoms with Gasteiger partial charge in [-0.15, -0.1) is 0 Å². The lowest BCUT2D eigenvalue weighted by molar-refractivity contribution is -0.136. The maximum Gasteiger partial charge on any atom is 0.333 e. The van der Waals surface area contributed by atoms with E-state index in [9.17, 15) is 13.2 Å². The van der Waals surface area contributed by atoms with E-state index in [0.29, 0.717) is 36.5 Å². The van der Waals surface area contributed by atoms with Gasteiger partial charge < -0.3 is 14.2 Å². The van der Waals surface area contributed by atoms with Crippen LogP contribution in [0.3, 0.4) is 0 Å². The minimum absolute atomic E-state index is 0.123. The molecule has 6 nitrogen and oxygen atoms in total. The largest absolute Gasteiger partial charge is 0.494 e. The number of benzene rings is 2. The maximum atomic E-state index is 12.5. The van der Waals surface area contributed by atoms with Crippen LogP contribution in [0.5, 0.6) is 11.5 Å². The summed E-state index contributed by atoms with van der Waals surface area (Å²) in [5, 5.41) is 0. The van der Waals surface area contributed by atoms with E-state index in [1.165, 1.54) is 13.2 Å². The summed E-state index contributed by atoms with van der Waals surface area (Å²) in [5.41, 5.74) is 1.90. The predicted octanol–water partition coefficient (Wildman–Crippen LogP) is 3.83. The monoisotopic (exact) mass is 430 g/mol. The number of esters is 1. The van der Waals surface area contributed by atoms with Crippen LogP contribution in [0.25, 0.3) is 6.08 Å². The Hall–Kier alpha value is -2.80. The van der Waals surface area contributed by atoms with Crippen LogP contribution >= 0.6 is 0 Å². The van der Waals surface area contributed by atoms with E-state index < -0.39 is 15.8 Å². The topological polar surface area (TPSA) is 78.9 Å². The number of hydrogen-bond acceptors (Lipinski definition) is 6. The first kappa shape index (κ1) is 21.9. The summed E-state index contributed by atoms with van der Waals surface area (Å²) in [6, 6.07) is 12.7. The van der Waals surface area contributed by atoms with Crippen LogP contribution in [0.4, 0.5) is 0 Å². The van der Waals surface area contributed by atoms with Gasteiger partial charge in [-0.05, 0) is 60.4 Å². The minimum atomic E-state index is -3.47. The molecule has 1 heterocycles. The molecule has 0 fully saturated rings. The van der Waals surface area contributed by atoms with Crippen LogP contribution in [0.2, 0.25) is 0 Å². The molecule has 0 saturated heterocycles. The van der Waals surface area contributed by atoms with Crippen molar-refractivity contribution >= 4 is 21.9 Å². The van der Waals surface area contributed by atoms with E-state index in [1.807, 2.05) is 24.3 Å². The lowest BCUT2D eigenvalue weighted by atomic mass is 10.1. The van der Waals surface area contributed by atoms with Crippen molar-refractivity contribution in [2.75, 3.05) is 26.1 Å². The Kier molecular flexibility index (Phi) is 7.15. The first-order chi connectivity index (χ1) is 14.4. The first-order valence-corrected chi connectivity index (χ1v) is 11.6. The zero-order valence-corrected chi connectivity index (χ0v) is 18.0. The number of carbonyl (C=O) groups is 1. The molecule has 3 rings (SSSR count). The van der Waals surface area contributed by atoms with E-state index in [0.717, 1.165) is 17.7 Å². The number of sulfone groups is 1. The van der Waals surface area contributed by atoms with Gasteiger partial charge in [-0.25, -0.2) is 13.2 Å². The number of methoxy groups -OCH3 is 1. The maximum absolute atomic E-state index is 12.5. The van der Waals surface area contributed by atoms with Gasteiger partial charge in [0.25, 0.3) is 0 Å². The Morgan fingerprint density at radius 2 is 1.70 bits per heavy atom. The highest BCUT2D eigenvalue weighted by Gasteiger charge is 2.25. The summed E-state index contributed by atoms with van der Waals surface area (Å²) in [6.45, 7) is 3.20. The zero-order chi connectivity index (χ0) is 21.6. The predicted molar refractivity (Wildman–Crippen MR) is 115 cm³/mol. The molecule has 30 heavy (non-hydrogen) atoms. The molecule has 0 bridgehead atoms. The molecule has 0 aromatic heterocycles. The molecule has 0 unspecified atom stereocenters. The summed E-state index contributed by atoms with van der Waals surface area (Å²) in [4.78, 5) is 12.1. The molecule has 1 aliphatic heterocycles. The van der Waals surface area contributed by atoms with Crippen LogP contribution in [0.15, 0.2) is 52.9 Å². The number of fused-ring (bicyclic) bond motifs is 1. The molecule has 1 aliphatic rings. The van der Waals surface area contributed by atoms with Crippen LogP contribution in [0, 0.1) is 0 Å². The Bertz CT molecular complexity index is 1020. The van der Waals surface area contributed by atoms with E-state index in [2.05, 4.69) is 6.92 Å². The smallest absolute Gasteiger partial charge is 0.333 e. The third kappa shape index (κ3) is 5.42. The summed E-state index contributed by atoms with van der Waals surface area (Å²) >= 11 is 0. The van der Waals surface area contributed by atoms with E-state index in [4.69, 9.17) is 14.2 Å². The van der Waals surface area contributed by atoms with Crippen molar-refractivity contribution in [3.63, 3.8) is 0 Å². The fourth-order valence-corrected chi connectivity index (χ4v) is 4.64. The Balaban J connectivity index is 1.69. The van der Waals surface area contributed by atoms with Gasteiger partial charge >= 0.3 is 5.97 Å². The molecule has 2 aromatic rings. The molecule has 0 N–H and O–H groups in total. The van der Waals surface area contributed by atoms with Crippen LogP contribution in [0.1, 0.15) is 30.9 Å². The number of carbonyl (C=O) groups excluding carboxylic acids is 1. The van der Waals surface area contributed by atoms with Gasteiger partial charge in [0.2, 0.25) is 0 Å². The van der Waals surface area contributed by atoms with Crippen molar-refractivity contribution in [2.24, 2.45) is 0 Å². The van der Waals surface area contributed by atoms with Crippen molar-refractivity contribution < 1.29 is 27.4 Å². The second kappa shape index (κ2) is 9.80. The summed E-state index contributed by atoms with van der Waals surface area (Å²) in [5.74, 6) is 0.755. The highest BCUT2D eigenvalue weighted by molar-refractivity contribution is 7.91. The van der Waals surface area contributed by atoms with E-state index in [-0.39, 0.29) is 17.1 Å². The van der Waals surface area contributed by atoms with Crippen molar-refractivity contribution in [1.29, 1.82) is 0 Å². The second-order valence-electron chi connectivity index (χ2n) is 7.02. The normalized spacial score (nSPS) is 14.8. The van der Waals surface area contributed by atoms with Crippen molar-refractivity contribution in [1.82, 2.24) is 0 Å². The first-order valence-electron chi connectivity index (χ1n) is 9.93. The van der Waals surface area contributed by atoms with Crippen LogP contribution in [-0.2, 0) is 25.8 Å². The van der Waals surface area contributed by atoms with E-state index in [1.54, 1.807) is 18.2 Å². The number of hydrogen-bond donors (Lipinski definition) is 0. The summed E-state index contributed by atoms with van der Waals surface area (Å²) in [6.07, 6.45) is 3.37. The summed E-state index contributed by atoms with van der Waals surface area (Å²) in [7, 11) is -2.19. The van der Waals surface area contributed by atoms with Crippen LogP contribution < -0.4 is 9.47 Å². The van der Waals surface area contributed by atoms with Gasteiger partial charge in [-0.1, -0.05) is 19.1 Å². The zero-order valence-electron chi connectivity index (χ0n) is 17.2. The second-order valence-corrected chi connectivity index (χ2v) is 9.10. The van der Waals surface area contributed by atoms with Crippen molar-refractivity contribution in [3.05, 3.63) is 59.2 Å². The third-order valence-electron chi connectivity index (χ3n) is 4.79. The summed E-state index contributed by atoms with van der Waals surface area (Å²) < 4.78 is 41.2. The lowest BCUT2D eigenvalue weighted by Crippen LogP contribution is -2.10. The molecular formula is C23H26O6S. The average molecular weight is 431 g/mol. The fourth-order valence-electron chi connectivity index (χ4n) is 3.18. The fraction of sp³-hybridized carbons (Fsp3) is 0.348. The van der Waals surface area contributed by atoms with Crippen LogP contribution in [-0.4, -0.2) is 40.5 Å². The van der Waals surface area contributed by atoms with Crippen molar-refractivity contribution in [2.45, 2.75) is 31.1 Å². The molecule has 0 saturated carbocycles.